The Morgan fingerprint density at radius 1 is 1.52 bits per heavy atom. The molecule has 3 heterocycles. The van der Waals surface area contributed by atoms with E-state index in [1.807, 2.05) is 30.8 Å². The van der Waals surface area contributed by atoms with E-state index in [4.69, 9.17) is 0 Å². The summed E-state index contributed by atoms with van der Waals surface area (Å²) in [6.45, 7) is 4.32. The lowest BCUT2D eigenvalue weighted by Crippen LogP contribution is -2.47. The molecule has 1 amide bonds. The number of amides is 1. The van der Waals surface area contributed by atoms with Crippen LogP contribution < -0.4 is 5.32 Å². The van der Waals surface area contributed by atoms with Crippen LogP contribution in [0.3, 0.4) is 0 Å². The molecular weight excluding hydrogens is 308 g/mol. The molecule has 0 bridgehead atoms. The summed E-state index contributed by atoms with van der Waals surface area (Å²) in [5.41, 5.74) is 2.54. The number of aromatic nitrogens is 2. The smallest absolute Gasteiger partial charge is 0.237 e. The van der Waals surface area contributed by atoms with Crippen LogP contribution in [0.1, 0.15) is 42.1 Å². The number of hydrogen-bond donors (Lipinski definition) is 1. The highest BCUT2D eigenvalue weighted by atomic mass is 32.1. The highest BCUT2D eigenvalue weighted by Crippen LogP contribution is 2.37. The van der Waals surface area contributed by atoms with Gasteiger partial charge in [-0.25, -0.2) is 4.98 Å². The normalized spacial score (nSPS) is 19.3. The lowest BCUT2D eigenvalue weighted by Gasteiger charge is -2.31. The molecule has 2 aromatic rings. The standard InChI is InChI=1S/C17H22N4OS/c1-12(17(22)18-9-14-3-2-8-23-14)20-7-6-16-15(10-20)19-11-21(16)13-4-5-13/h2-3,8,11-13H,4-7,9-10H2,1H3,(H,18,22). The summed E-state index contributed by atoms with van der Waals surface area (Å²) in [5, 5.41) is 5.08. The predicted molar refractivity (Wildman–Crippen MR) is 90.2 cm³/mol. The summed E-state index contributed by atoms with van der Waals surface area (Å²) in [6, 6.07) is 4.63. The topological polar surface area (TPSA) is 50.2 Å². The molecule has 0 saturated heterocycles. The van der Waals surface area contributed by atoms with Crippen LogP contribution in [0.5, 0.6) is 0 Å². The van der Waals surface area contributed by atoms with Crippen molar-refractivity contribution < 1.29 is 4.79 Å². The van der Waals surface area contributed by atoms with Crippen LogP contribution in [-0.2, 0) is 24.3 Å². The Balaban J connectivity index is 1.37. The molecule has 1 fully saturated rings. The third kappa shape index (κ3) is 3.05. The van der Waals surface area contributed by atoms with Crippen LogP contribution in [-0.4, -0.2) is 32.9 Å². The van der Waals surface area contributed by atoms with E-state index in [0.717, 1.165) is 25.2 Å². The second-order valence-corrected chi connectivity index (χ2v) is 7.50. The molecule has 1 saturated carbocycles. The largest absolute Gasteiger partial charge is 0.350 e. The Bertz CT molecular complexity index is 690. The fourth-order valence-electron chi connectivity index (χ4n) is 3.25. The van der Waals surface area contributed by atoms with Gasteiger partial charge in [0.15, 0.2) is 0 Å². The van der Waals surface area contributed by atoms with Gasteiger partial charge in [0.2, 0.25) is 5.91 Å². The maximum Gasteiger partial charge on any atom is 0.237 e. The average molecular weight is 330 g/mol. The summed E-state index contributed by atoms with van der Waals surface area (Å²) in [5.74, 6) is 0.100. The Kier molecular flexibility index (Phi) is 3.95. The number of rotatable bonds is 5. The third-order valence-electron chi connectivity index (χ3n) is 4.86. The van der Waals surface area contributed by atoms with Crippen molar-refractivity contribution >= 4 is 17.2 Å². The third-order valence-corrected chi connectivity index (χ3v) is 5.73. The van der Waals surface area contributed by atoms with Crippen molar-refractivity contribution in [3.63, 3.8) is 0 Å². The maximum atomic E-state index is 12.4. The van der Waals surface area contributed by atoms with E-state index >= 15 is 0 Å². The molecule has 1 unspecified atom stereocenters. The number of hydrogen-bond acceptors (Lipinski definition) is 4. The average Bonchev–Trinajstić information content (AvgIpc) is 3.12. The van der Waals surface area contributed by atoms with Crippen molar-refractivity contribution in [1.82, 2.24) is 19.8 Å². The monoisotopic (exact) mass is 330 g/mol. The number of fused-ring (bicyclic) bond motifs is 1. The number of carbonyl (C=O) groups excluding carboxylic acids is 1. The van der Waals surface area contributed by atoms with Gasteiger partial charge in [-0.1, -0.05) is 6.07 Å². The highest BCUT2D eigenvalue weighted by Gasteiger charge is 2.31. The molecule has 1 atom stereocenters. The first-order chi connectivity index (χ1) is 11.2. The van der Waals surface area contributed by atoms with E-state index in [1.54, 1.807) is 11.3 Å². The van der Waals surface area contributed by atoms with E-state index in [-0.39, 0.29) is 11.9 Å². The summed E-state index contributed by atoms with van der Waals surface area (Å²) < 4.78 is 2.36. The summed E-state index contributed by atoms with van der Waals surface area (Å²) in [7, 11) is 0. The van der Waals surface area contributed by atoms with Crippen LogP contribution in [0, 0.1) is 0 Å². The Hall–Kier alpha value is -1.66. The molecule has 4 rings (SSSR count). The highest BCUT2D eigenvalue weighted by molar-refractivity contribution is 7.09. The summed E-state index contributed by atoms with van der Waals surface area (Å²) in [4.78, 5) is 20.4. The maximum absolute atomic E-state index is 12.4. The molecule has 5 nitrogen and oxygen atoms in total. The van der Waals surface area contributed by atoms with Gasteiger partial charge in [0.05, 0.1) is 24.6 Å². The van der Waals surface area contributed by atoms with Gasteiger partial charge in [-0.15, -0.1) is 11.3 Å². The van der Waals surface area contributed by atoms with Crippen molar-refractivity contribution in [2.75, 3.05) is 6.54 Å². The molecule has 2 aromatic heterocycles. The van der Waals surface area contributed by atoms with Crippen LogP contribution in [0.25, 0.3) is 0 Å². The van der Waals surface area contributed by atoms with Crippen molar-refractivity contribution in [2.24, 2.45) is 0 Å². The van der Waals surface area contributed by atoms with E-state index in [1.165, 1.54) is 23.4 Å². The minimum Gasteiger partial charge on any atom is -0.350 e. The molecule has 0 aromatic carbocycles. The number of carbonyl (C=O) groups is 1. The molecule has 0 radical (unpaired) electrons. The van der Waals surface area contributed by atoms with Gasteiger partial charge in [0.25, 0.3) is 0 Å². The molecule has 1 aliphatic carbocycles. The Labute approximate surface area is 140 Å². The Morgan fingerprint density at radius 3 is 3.13 bits per heavy atom. The van der Waals surface area contributed by atoms with E-state index < -0.39 is 0 Å². The van der Waals surface area contributed by atoms with Gasteiger partial charge in [-0.2, -0.15) is 0 Å². The molecular formula is C17H22N4OS. The van der Waals surface area contributed by atoms with Crippen molar-refractivity contribution in [3.8, 4) is 0 Å². The first kappa shape index (κ1) is 14.9. The van der Waals surface area contributed by atoms with Crippen LogP contribution in [0.15, 0.2) is 23.8 Å². The van der Waals surface area contributed by atoms with Crippen molar-refractivity contribution in [2.45, 2.75) is 51.4 Å². The minimum absolute atomic E-state index is 0.100. The van der Waals surface area contributed by atoms with Gasteiger partial charge in [-0.05, 0) is 31.2 Å². The molecule has 122 valence electrons. The summed E-state index contributed by atoms with van der Waals surface area (Å²) >= 11 is 1.67. The van der Waals surface area contributed by atoms with Crippen LogP contribution >= 0.6 is 11.3 Å². The molecule has 23 heavy (non-hydrogen) atoms. The summed E-state index contributed by atoms with van der Waals surface area (Å²) in [6.07, 6.45) is 5.56. The van der Waals surface area contributed by atoms with E-state index in [9.17, 15) is 4.79 Å². The fraction of sp³-hybridized carbons (Fsp3) is 0.529. The molecule has 2 aliphatic rings. The zero-order chi connectivity index (χ0) is 15.8. The lowest BCUT2D eigenvalue weighted by molar-refractivity contribution is -0.126. The van der Waals surface area contributed by atoms with E-state index in [0.29, 0.717) is 12.6 Å². The van der Waals surface area contributed by atoms with Gasteiger partial charge in [0, 0.05) is 36.1 Å². The van der Waals surface area contributed by atoms with Gasteiger partial charge in [0.1, 0.15) is 0 Å². The molecule has 0 spiro atoms. The fourth-order valence-corrected chi connectivity index (χ4v) is 3.89. The first-order valence-corrected chi connectivity index (χ1v) is 9.19. The minimum atomic E-state index is -0.116. The number of nitrogens with one attached hydrogen (secondary N) is 1. The molecule has 1 aliphatic heterocycles. The quantitative estimate of drug-likeness (QED) is 0.915. The number of thiophene rings is 1. The molecule has 1 N–H and O–H groups in total. The Morgan fingerprint density at radius 2 is 2.39 bits per heavy atom. The first-order valence-electron chi connectivity index (χ1n) is 8.31. The SMILES string of the molecule is CC(C(=O)NCc1cccs1)N1CCc2c(ncn2C2CC2)C1. The number of nitrogens with zero attached hydrogens (tertiary/aromatic N) is 3. The van der Waals surface area contributed by atoms with Crippen LogP contribution in [0.2, 0.25) is 0 Å². The van der Waals surface area contributed by atoms with Gasteiger partial charge < -0.3 is 9.88 Å². The van der Waals surface area contributed by atoms with E-state index in [2.05, 4.69) is 19.8 Å². The lowest BCUT2D eigenvalue weighted by atomic mass is 10.1. The van der Waals surface area contributed by atoms with Crippen molar-refractivity contribution in [1.29, 1.82) is 0 Å². The van der Waals surface area contributed by atoms with Crippen LogP contribution in [0.4, 0.5) is 0 Å². The zero-order valence-corrected chi connectivity index (χ0v) is 14.2. The zero-order valence-electron chi connectivity index (χ0n) is 13.4. The number of imidazole rings is 1. The second-order valence-electron chi connectivity index (χ2n) is 6.47. The van der Waals surface area contributed by atoms with Gasteiger partial charge >= 0.3 is 0 Å². The predicted octanol–water partition coefficient (Wildman–Crippen LogP) is 2.34. The van der Waals surface area contributed by atoms with Gasteiger partial charge in [-0.3, -0.25) is 9.69 Å². The second kappa shape index (κ2) is 6.09. The molecule has 6 heteroatoms. The van der Waals surface area contributed by atoms with Crippen molar-refractivity contribution in [3.05, 3.63) is 40.1 Å².